The van der Waals surface area contributed by atoms with E-state index in [1.54, 1.807) is 13.8 Å². The Hall–Kier alpha value is -1.88. The average Bonchev–Trinajstić information content (AvgIpc) is 3.33. The van der Waals surface area contributed by atoms with Gasteiger partial charge in [0.1, 0.15) is 0 Å². The van der Waals surface area contributed by atoms with Crippen LogP contribution in [0.15, 0.2) is 14.9 Å². The summed E-state index contributed by atoms with van der Waals surface area (Å²) in [7, 11) is -3.53. The van der Waals surface area contributed by atoms with Crippen molar-refractivity contribution >= 4 is 33.0 Å². The monoisotopic (exact) mass is 449 g/mol. The van der Waals surface area contributed by atoms with Crippen molar-refractivity contribution in [3.63, 3.8) is 0 Å². The Labute approximate surface area is 180 Å². The molecule has 2 aliphatic rings. The van der Waals surface area contributed by atoms with Crippen LogP contribution in [0.1, 0.15) is 67.9 Å². The fourth-order valence-electron chi connectivity index (χ4n) is 4.10. The molecule has 4 rings (SSSR count). The van der Waals surface area contributed by atoms with Gasteiger partial charge in [-0.3, -0.25) is 4.98 Å². The van der Waals surface area contributed by atoms with Crippen molar-refractivity contribution in [3.05, 3.63) is 33.6 Å². The molecular weight excluding hydrogens is 422 g/mol. The fraction of sp³-hybridized carbons (Fsp3) is 0.550. The molecular formula is C20H27N5O3S2. The molecule has 0 aromatic carbocycles. The number of hydrogen-bond donors (Lipinski definition) is 3. The molecule has 2 amide bonds. The quantitative estimate of drug-likeness (QED) is 0.661. The Bertz CT molecular complexity index is 1150. The third-order valence-electron chi connectivity index (χ3n) is 5.75. The molecule has 0 bridgehead atoms. The number of nitrogens with two attached hydrogens (primary N) is 1. The van der Waals surface area contributed by atoms with E-state index in [1.807, 2.05) is 0 Å². The maximum absolute atomic E-state index is 12.9. The van der Waals surface area contributed by atoms with Gasteiger partial charge in [-0.1, -0.05) is 13.8 Å². The summed E-state index contributed by atoms with van der Waals surface area (Å²) in [5.41, 5.74) is 3.74. The number of carbonyl (C=O) groups excluding carboxylic acids is 1. The van der Waals surface area contributed by atoms with Crippen molar-refractivity contribution in [2.45, 2.75) is 75.2 Å². The molecule has 2 aliphatic carbocycles. The van der Waals surface area contributed by atoms with Crippen LogP contribution in [0.2, 0.25) is 0 Å². The first-order valence-electron chi connectivity index (χ1n) is 9.98. The van der Waals surface area contributed by atoms with Gasteiger partial charge >= 0.3 is 6.03 Å². The van der Waals surface area contributed by atoms with Gasteiger partial charge < -0.3 is 10.4 Å². The van der Waals surface area contributed by atoms with Crippen LogP contribution in [0, 0.1) is 0 Å². The highest BCUT2D eigenvalue weighted by Crippen LogP contribution is 2.44. The zero-order chi connectivity index (χ0) is 21.9. The number of pyridine rings is 1. The van der Waals surface area contributed by atoms with Crippen molar-refractivity contribution < 1.29 is 14.1 Å². The van der Waals surface area contributed by atoms with Gasteiger partial charge in [0.05, 0.1) is 21.9 Å². The standard InChI is InChI=1S/C20H27N5O3S2/c1-19(2)9-8-12-15(11-6-5-7-13(11)23-16(12)19)24-17(26)25-30(21,28)18-22-10-14(29-18)20(3,4)27/h10,27H,5-9H2,1-4H3,(H3,21,23,24,25,26,28)/t30-/m0/s1. The number of carbonyl (C=O) groups is 1. The maximum atomic E-state index is 12.9. The molecule has 2 aromatic heterocycles. The number of nitrogens with one attached hydrogen (secondary N) is 1. The highest BCUT2D eigenvalue weighted by atomic mass is 32.2. The first kappa shape index (κ1) is 21.4. The zero-order valence-electron chi connectivity index (χ0n) is 17.6. The third kappa shape index (κ3) is 3.77. The Morgan fingerprint density at radius 3 is 2.73 bits per heavy atom. The highest BCUT2D eigenvalue weighted by Gasteiger charge is 2.36. The van der Waals surface area contributed by atoms with Crippen LogP contribution in [0.25, 0.3) is 0 Å². The van der Waals surface area contributed by atoms with Gasteiger partial charge in [-0.05, 0) is 57.1 Å². The van der Waals surface area contributed by atoms with Crippen LogP contribution in [-0.2, 0) is 40.2 Å². The molecule has 0 saturated carbocycles. The Kier molecular flexibility index (Phi) is 5.04. The zero-order valence-corrected chi connectivity index (χ0v) is 19.2. The van der Waals surface area contributed by atoms with Gasteiger partial charge in [0, 0.05) is 17.3 Å². The summed E-state index contributed by atoms with van der Waals surface area (Å²) in [5, 5.41) is 18.8. The molecule has 0 fully saturated rings. The SMILES string of the molecule is CC(C)(O)c1cnc([S@@](N)(=O)=NC(=O)Nc2c3c(nc4c2CCC4(C)C)CCC3)s1. The first-order valence-corrected chi connectivity index (χ1v) is 12.4. The summed E-state index contributed by atoms with van der Waals surface area (Å²) in [6.45, 7) is 7.52. The lowest BCUT2D eigenvalue weighted by Crippen LogP contribution is -2.20. The number of urea groups is 1. The molecule has 1 atom stereocenters. The molecule has 0 aliphatic heterocycles. The van der Waals surface area contributed by atoms with Crippen LogP contribution >= 0.6 is 11.3 Å². The van der Waals surface area contributed by atoms with E-state index in [2.05, 4.69) is 28.5 Å². The predicted octanol–water partition coefficient (Wildman–Crippen LogP) is 3.41. The van der Waals surface area contributed by atoms with Crippen molar-refractivity contribution in [1.29, 1.82) is 0 Å². The van der Waals surface area contributed by atoms with E-state index >= 15 is 0 Å². The number of hydrogen-bond acceptors (Lipinski definition) is 6. The summed E-state index contributed by atoms with van der Waals surface area (Å²) in [6.07, 6.45) is 5.95. The second-order valence-corrected chi connectivity index (χ2v) is 12.1. The minimum absolute atomic E-state index is 0.0149. The second kappa shape index (κ2) is 7.08. The molecule has 0 unspecified atom stereocenters. The van der Waals surface area contributed by atoms with Gasteiger partial charge in [-0.15, -0.1) is 15.7 Å². The third-order valence-corrected chi connectivity index (χ3v) is 8.87. The minimum Gasteiger partial charge on any atom is -0.385 e. The van der Waals surface area contributed by atoms with Gasteiger partial charge in [-0.2, -0.15) is 0 Å². The first-order chi connectivity index (χ1) is 13.9. The van der Waals surface area contributed by atoms with E-state index in [9.17, 15) is 14.1 Å². The fourth-order valence-corrected chi connectivity index (χ4v) is 6.18. The van der Waals surface area contributed by atoms with Gasteiger partial charge in [0.15, 0.2) is 9.92 Å². The van der Waals surface area contributed by atoms with Gasteiger partial charge in [0.2, 0.25) is 4.34 Å². The van der Waals surface area contributed by atoms with E-state index in [0.29, 0.717) is 4.88 Å². The highest BCUT2D eigenvalue weighted by molar-refractivity contribution is 7.93. The number of nitrogens with zero attached hydrogens (tertiary/aromatic N) is 3. The van der Waals surface area contributed by atoms with E-state index in [4.69, 9.17) is 10.1 Å². The number of anilines is 1. The summed E-state index contributed by atoms with van der Waals surface area (Å²) in [6, 6.07) is -0.755. The second-order valence-electron chi connectivity index (χ2n) is 9.12. The largest absolute Gasteiger partial charge is 0.385 e. The number of fused-ring (bicyclic) bond motifs is 2. The van der Waals surface area contributed by atoms with E-state index in [-0.39, 0.29) is 9.75 Å². The predicted molar refractivity (Wildman–Crippen MR) is 117 cm³/mol. The number of rotatable bonds is 3. The Balaban J connectivity index is 1.68. The van der Waals surface area contributed by atoms with E-state index in [0.717, 1.165) is 71.6 Å². The van der Waals surface area contributed by atoms with Crippen molar-refractivity contribution in [1.82, 2.24) is 9.97 Å². The minimum atomic E-state index is -3.53. The number of amides is 2. The number of thiazole rings is 1. The summed E-state index contributed by atoms with van der Waals surface area (Å²) in [5.74, 6) is 0. The van der Waals surface area contributed by atoms with Gasteiger partial charge in [-0.25, -0.2) is 19.1 Å². The van der Waals surface area contributed by atoms with Crippen molar-refractivity contribution in [2.24, 2.45) is 9.50 Å². The smallest absolute Gasteiger partial charge is 0.354 e. The molecule has 2 heterocycles. The number of aryl methyl sites for hydroxylation is 1. The lowest BCUT2D eigenvalue weighted by atomic mass is 9.90. The lowest BCUT2D eigenvalue weighted by Gasteiger charge is -2.20. The molecule has 0 spiro atoms. The van der Waals surface area contributed by atoms with Crippen LogP contribution in [-0.4, -0.2) is 25.3 Å². The van der Waals surface area contributed by atoms with E-state index in [1.165, 1.54) is 6.20 Å². The maximum Gasteiger partial charge on any atom is 0.354 e. The molecule has 8 nitrogen and oxygen atoms in total. The van der Waals surface area contributed by atoms with Gasteiger partial charge in [0.25, 0.3) is 0 Å². The Morgan fingerprint density at radius 1 is 1.33 bits per heavy atom. The number of aromatic nitrogens is 2. The van der Waals surface area contributed by atoms with Crippen LogP contribution in [0.3, 0.4) is 0 Å². The number of aliphatic hydroxyl groups is 1. The Morgan fingerprint density at radius 2 is 2.07 bits per heavy atom. The lowest BCUT2D eigenvalue weighted by molar-refractivity contribution is 0.0823. The summed E-state index contributed by atoms with van der Waals surface area (Å²) in [4.78, 5) is 22.2. The van der Waals surface area contributed by atoms with Crippen LogP contribution < -0.4 is 10.5 Å². The van der Waals surface area contributed by atoms with Crippen molar-refractivity contribution in [3.8, 4) is 0 Å². The molecule has 162 valence electrons. The van der Waals surface area contributed by atoms with Crippen LogP contribution in [0.4, 0.5) is 10.5 Å². The molecule has 10 heteroatoms. The summed E-state index contributed by atoms with van der Waals surface area (Å²) < 4.78 is 16.7. The molecule has 2 aromatic rings. The molecule has 4 N–H and O–H groups in total. The molecule has 0 saturated heterocycles. The normalized spacial score (nSPS) is 19.1. The topological polar surface area (TPSA) is 131 Å². The molecule has 30 heavy (non-hydrogen) atoms. The average molecular weight is 450 g/mol. The molecule has 0 radical (unpaired) electrons. The summed E-state index contributed by atoms with van der Waals surface area (Å²) >= 11 is 0.990. The van der Waals surface area contributed by atoms with Crippen LogP contribution in [0.5, 0.6) is 0 Å². The van der Waals surface area contributed by atoms with E-state index < -0.39 is 21.5 Å². The van der Waals surface area contributed by atoms with Crippen molar-refractivity contribution in [2.75, 3.05) is 5.32 Å².